The Kier molecular flexibility index (Phi) is 8.28. The molecule has 2 aromatic heterocycles. The number of benzene rings is 2. The molecule has 4 aromatic rings. The highest BCUT2D eigenvalue weighted by atomic mass is 19.4. The maximum absolute atomic E-state index is 14.0. The van der Waals surface area contributed by atoms with Crippen molar-refractivity contribution < 1.29 is 18.0 Å². The molecule has 0 saturated heterocycles. The molecule has 224 valence electrons. The fourth-order valence-corrected chi connectivity index (χ4v) is 5.83. The molecule has 2 heterocycles. The van der Waals surface area contributed by atoms with Crippen molar-refractivity contribution in [2.45, 2.75) is 44.8 Å². The Morgan fingerprint density at radius 3 is 2.40 bits per heavy atom. The van der Waals surface area contributed by atoms with Crippen molar-refractivity contribution in [3.63, 3.8) is 0 Å². The molecule has 5 rings (SSSR count). The van der Waals surface area contributed by atoms with E-state index < -0.39 is 23.5 Å². The van der Waals surface area contributed by atoms with Crippen LogP contribution in [0.25, 0.3) is 22.8 Å². The number of nitrogens with zero attached hydrogens (tertiary/aromatic N) is 6. The van der Waals surface area contributed by atoms with E-state index in [1.165, 1.54) is 23.0 Å². The number of carbonyl (C=O) groups is 1. The van der Waals surface area contributed by atoms with E-state index in [4.69, 9.17) is 0 Å². The van der Waals surface area contributed by atoms with Gasteiger partial charge in [0, 0.05) is 12.6 Å². The summed E-state index contributed by atoms with van der Waals surface area (Å²) in [6.07, 6.45) is 0.264. The van der Waals surface area contributed by atoms with Crippen molar-refractivity contribution in [2.24, 2.45) is 5.92 Å². The van der Waals surface area contributed by atoms with Crippen LogP contribution in [0, 0.1) is 24.2 Å². The summed E-state index contributed by atoms with van der Waals surface area (Å²) in [6.45, 7) is 2.55. The number of halogens is 3. The van der Waals surface area contributed by atoms with Gasteiger partial charge in [-0.05, 0) is 101 Å². The third kappa shape index (κ3) is 6.12. The van der Waals surface area contributed by atoms with Gasteiger partial charge in [0.2, 0.25) is 0 Å². The van der Waals surface area contributed by atoms with Crippen LogP contribution in [-0.2, 0) is 6.18 Å². The number of aromatic nitrogens is 4. The molecule has 1 amide bonds. The van der Waals surface area contributed by atoms with Crippen molar-refractivity contribution in [3.8, 4) is 28.8 Å². The molecule has 1 N–H and O–H groups in total. The fraction of sp³-hybridized carbons (Fsp3) is 0.355. The first-order chi connectivity index (χ1) is 20.5. The first-order valence-corrected chi connectivity index (χ1v) is 14.0. The Balaban J connectivity index is 1.60. The average molecular weight is 592 g/mol. The number of nitriles is 1. The SMILES string of the molecule is Cc1c(-c2ccnn2-c2ccc(C#N)cc2)n(C(=O)N[C@H]2CC[C@H](CN(C)C)CC2)c(=O)n1-c1cccc(C(F)(F)F)c1. The zero-order chi connectivity index (χ0) is 30.9. The molecular formula is C31H32F3N7O2. The quantitative estimate of drug-likeness (QED) is 0.325. The summed E-state index contributed by atoms with van der Waals surface area (Å²) in [5.41, 5.74) is 0.149. The summed E-state index contributed by atoms with van der Waals surface area (Å²) < 4.78 is 44.4. The minimum Gasteiger partial charge on any atom is -0.335 e. The Morgan fingerprint density at radius 2 is 1.77 bits per heavy atom. The maximum atomic E-state index is 14.0. The van der Waals surface area contributed by atoms with Gasteiger partial charge in [-0.25, -0.2) is 18.8 Å². The molecule has 2 aromatic carbocycles. The van der Waals surface area contributed by atoms with E-state index in [0.717, 1.165) is 53.5 Å². The number of amides is 1. The largest absolute Gasteiger partial charge is 0.416 e. The lowest BCUT2D eigenvalue weighted by Crippen LogP contribution is -2.44. The van der Waals surface area contributed by atoms with Crippen LogP contribution in [0.3, 0.4) is 0 Å². The zero-order valence-corrected chi connectivity index (χ0v) is 24.1. The molecule has 1 saturated carbocycles. The first kappa shape index (κ1) is 29.8. The van der Waals surface area contributed by atoms with Crippen molar-refractivity contribution >= 4 is 6.03 Å². The molecule has 12 heteroatoms. The molecule has 0 unspecified atom stereocenters. The van der Waals surface area contributed by atoms with Gasteiger partial charge in [0.05, 0.1) is 46.2 Å². The van der Waals surface area contributed by atoms with Crippen molar-refractivity contribution in [2.75, 3.05) is 20.6 Å². The predicted molar refractivity (Wildman–Crippen MR) is 155 cm³/mol. The lowest BCUT2D eigenvalue weighted by molar-refractivity contribution is -0.137. The average Bonchev–Trinajstić information content (AvgIpc) is 3.55. The lowest BCUT2D eigenvalue weighted by Gasteiger charge is -2.30. The number of rotatable bonds is 6. The number of hydrogen-bond donors (Lipinski definition) is 1. The summed E-state index contributed by atoms with van der Waals surface area (Å²) in [4.78, 5) is 30.0. The van der Waals surface area contributed by atoms with Crippen molar-refractivity contribution in [1.29, 1.82) is 5.26 Å². The molecule has 0 radical (unpaired) electrons. The van der Waals surface area contributed by atoms with Gasteiger partial charge in [-0.15, -0.1) is 0 Å². The standard InChI is InChI=1S/C31H32F3N7O2/c1-20-28(27-15-16-36-41(27)25-13-9-21(18-35)10-14-25)40(29(42)37-24-11-7-22(8-12-24)19-38(2)3)30(43)39(20)26-6-4-5-23(17-26)31(32,33)34/h4-6,9-10,13-17,22,24H,7-8,11-12,19H2,1-3H3,(H,37,42)/t22-,24-. The number of hydrogen-bond acceptors (Lipinski definition) is 5. The summed E-state index contributed by atoms with van der Waals surface area (Å²) in [7, 11) is 4.06. The second-order valence-electron chi connectivity index (χ2n) is 11.2. The fourth-order valence-electron chi connectivity index (χ4n) is 5.83. The van der Waals surface area contributed by atoms with Crippen molar-refractivity contribution in [3.05, 3.63) is 88.1 Å². The van der Waals surface area contributed by atoms with Gasteiger partial charge in [0.1, 0.15) is 5.69 Å². The second kappa shape index (κ2) is 11.9. The molecule has 0 spiro atoms. The topological polar surface area (TPSA) is 101 Å². The molecular weight excluding hydrogens is 559 g/mol. The van der Waals surface area contributed by atoms with Crippen LogP contribution >= 0.6 is 0 Å². The molecule has 9 nitrogen and oxygen atoms in total. The van der Waals surface area contributed by atoms with Gasteiger partial charge in [0.25, 0.3) is 0 Å². The van der Waals surface area contributed by atoms with Gasteiger partial charge < -0.3 is 10.2 Å². The summed E-state index contributed by atoms with van der Waals surface area (Å²) in [5, 5.41) is 16.6. The van der Waals surface area contributed by atoms with E-state index in [0.29, 0.717) is 22.9 Å². The molecule has 0 atom stereocenters. The second-order valence-corrected chi connectivity index (χ2v) is 11.2. The highest BCUT2D eigenvalue weighted by Gasteiger charge is 2.32. The van der Waals surface area contributed by atoms with E-state index in [9.17, 15) is 28.0 Å². The van der Waals surface area contributed by atoms with E-state index in [1.54, 1.807) is 37.3 Å². The van der Waals surface area contributed by atoms with Gasteiger partial charge in [0.15, 0.2) is 0 Å². The Morgan fingerprint density at radius 1 is 1.07 bits per heavy atom. The monoisotopic (exact) mass is 591 g/mol. The molecule has 0 bridgehead atoms. The summed E-state index contributed by atoms with van der Waals surface area (Å²) in [6, 6.07) is 14.0. The van der Waals surface area contributed by atoms with Crippen LogP contribution in [0.4, 0.5) is 18.0 Å². The molecule has 0 aliphatic heterocycles. The number of nitrogens with one attached hydrogen (secondary N) is 1. The minimum absolute atomic E-state index is 0.0150. The number of carbonyl (C=O) groups excluding carboxylic acids is 1. The third-order valence-corrected chi connectivity index (χ3v) is 7.84. The number of alkyl halides is 3. The first-order valence-electron chi connectivity index (χ1n) is 14.0. The zero-order valence-electron chi connectivity index (χ0n) is 24.1. The van der Waals surface area contributed by atoms with Crippen molar-refractivity contribution in [1.82, 2.24) is 29.1 Å². The highest BCUT2D eigenvalue weighted by molar-refractivity contribution is 5.83. The van der Waals surface area contributed by atoms with Gasteiger partial charge >= 0.3 is 17.9 Å². The normalized spacial score (nSPS) is 17.2. The Bertz CT molecular complexity index is 1720. The number of imidazole rings is 1. The Hall–Kier alpha value is -4.63. The predicted octanol–water partition coefficient (Wildman–Crippen LogP) is 5.37. The van der Waals surface area contributed by atoms with E-state index >= 15 is 0 Å². The van der Waals surface area contributed by atoms with Crippen LogP contribution in [0.15, 0.2) is 65.6 Å². The lowest BCUT2D eigenvalue weighted by atomic mass is 9.86. The summed E-state index contributed by atoms with van der Waals surface area (Å²) >= 11 is 0. The maximum Gasteiger partial charge on any atom is 0.416 e. The smallest absolute Gasteiger partial charge is 0.335 e. The molecule has 1 aliphatic carbocycles. The molecule has 43 heavy (non-hydrogen) atoms. The van der Waals surface area contributed by atoms with E-state index in [2.05, 4.69) is 21.4 Å². The van der Waals surface area contributed by atoms with Crippen LogP contribution < -0.4 is 11.0 Å². The third-order valence-electron chi connectivity index (χ3n) is 7.84. The highest BCUT2D eigenvalue weighted by Crippen LogP contribution is 2.32. The van der Waals surface area contributed by atoms with Gasteiger partial charge in [-0.3, -0.25) is 4.57 Å². The van der Waals surface area contributed by atoms with Crippen LogP contribution in [0.2, 0.25) is 0 Å². The van der Waals surface area contributed by atoms with Gasteiger partial charge in [-0.2, -0.15) is 23.5 Å². The van der Waals surface area contributed by atoms with Crippen LogP contribution in [0.1, 0.15) is 42.5 Å². The van der Waals surface area contributed by atoms with E-state index in [1.807, 2.05) is 14.1 Å². The summed E-state index contributed by atoms with van der Waals surface area (Å²) in [5.74, 6) is 0.521. The van der Waals surface area contributed by atoms with Gasteiger partial charge in [-0.1, -0.05) is 6.07 Å². The van der Waals surface area contributed by atoms with Crippen LogP contribution in [0.5, 0.6) is 0 Å². The van der Waals surface area contributed by atoms with Crippen LogP contribution in [-0.4, -0.2) is 56.5 Å². The molecule has 1 aliphatic rings. The Labute approximate surface area is 246 Å². The minimum atomic E-state index is -4.62. The van der Waals surface area contributed by atoms with E-state index in [-0.39, 0.29) is 23.1 Å². The molecule has 1 fully saturated rings.